The maximum absolute atomic E-state index is 13.8. The van der Waals surface area contributed by atoms with Gasteiger partial charge < -0.3 is 4.90 Å². The second-order valence-corrected chi connectivity index (χ2v) is 9.35. The number of hydrogen-bond acceptors (Lipinski definition) is 4. The Bertz CT molecular complexity index is 1610. The Balaban J connectivity index is 1.61. The van der Waals surface area contributed by atoms with Crippen molar-refractivity contribution in [2.75, 3.05) is 11.4 Å². The van der Waals surface area contributed by atoms with E-state index in [2.05, 4.69) is 13.0 Å². The van der Waals surface area contributed by atoms with Crippen LogP contribution in [0.1, 0.15) is 58.2 Å². The molecule has 180 valence electrons. The number of aryl methyl sites for hydroxylation is 3. The number of nitrogens with zero attached hydrogens (tertiary/aromatic N) is 4. The summed E-state index contributed by atoms with van der Waals surface area (Å²) >= 11 is 0. The van der Waals surface area contributed by atoms with E-state index < -0.39 is 0 Å². The number of carbonyl (C=O) groups excluding carboxylic acids is 1. The number of unbranched alkanes of at least 4 members (excludes halogenated alkanes) is 1. The highest BCUT2D eigenvalue weighted by Gasteiger charge is 2.28. The SMILES string of the molecule is CCCCc1nc2ccc(C)c(C)c2c(=O)n1-c1ccc2c(c1)CCN2C(=O)c1ccccc1C#N. The van der Waals surface area contributed by atoms with Crippen molar-refractivity contribution in [1.82, 2.24) is 9.55 Å². The maximum Gasteiger partial charge on any atom is 0.266 e. The van der Waals surface area contributed by atoms with Gasteiger partial charge in [-0.1, -0.05) is 31.5 Å². The van der Waals surface area contributed by atoms with E-state index in [0.717, 1.165) is 52.2 Å². The molecule has 1 aliphatic rings. The lowest BCUT2D eigenvalue weighted by Gasteiger charge is -2.19. The topological polar surface area (TPSA) is 79.0 Å². The largest absolute Gasteiger partial charge is 0.308 e. The molecule has 6 nitrogen and oxygen atoms in total. The summed E-state index contributed by atoms with van der Waals surface area (Å²) in [6.45, 7) is 6.64. The molecule has 0 spiro atoms. The summed E-state index contributed by atoms with van der Waals surface area (Å²) in [5.74, 6) is 0.573. The number of fused-ring (bicyclic) bond motifs is 2. The Labute approximate surface area is 210 Å². The number of hydrogen-bond donors (Lipinski definition) is 0. The van der Waals surface area contributed by atoms with Crippen LogP contribution in [0.15, 0.2) is 59.4 Å². The molecule has 3 aromatic carbocycles. The van der Waals surface area contributed by atoms with Gasteiger partial charge in [-0.2, -0.15) is 5.26 Å². The van der Waals surface area contributed by atoms with Crippen molar-refractivity contribution in [3.05, 3.63) is 98.6 Å². The maximum atomic E-state index is 13.8. The summed E-state index contributed by atoms with van der Waals surface area (Å²) in [7, 11) is 0. The van der Waals surface area contributed by atoms with Crippen molar-refractivity contribution in [3.8, 4) is 11.8 Å². The Morgan fingerprint density at radius 2 is 1.92 bits per heavy atom. The Morgan fingerprint density at radius 1 is 1.11 bits per heavy atom. The van der Waals surface area contributed by atoms with Crippen molar-refractivity contribution in [3.63, 3.8) is 0 Å². The van der Waals surface area contributed by atoms with Gasteiger partial charge >= 0.3 is 0 Å². The number of amides is 1. The highest BCUT2D eigenvalue weighted by molar-refractivity contribution is 6.08. The van der Waals surface area contributed by atoms with Gasteiger partial charge in [-0.15, -0.1) is 0 Å². The van der Waals surface area contributed by atoms with Crippen molar-refractivity contribution in [1.29, 1.82) is 5.26 Å². The minimum Gasteiger partial charge on any atom is -0.308 e. The number of carbonyl (C=O) groups is 1. The molecule has 0 aliphatic carbocycles. The molecule has 0 saturated heterocycles. The predicted molar refractivity (Wildman–Crippen MR) is 142 cm³/mol. The van der Waals surface area contributed by atoms with Gasteiger partial charge in [0.1, 0.15) is 5.82 Å². The zero-order valence-electron chi connectivity index (χ0n) is 20.8. The van der Waals surface area contributed by atoms with Gasteiger partial charge in [-0.05, 0) is 79.8 Å². The van der Waals surface area contributed by atoms with E-state index in [1.165, 1.54) is 0 Å². The normalized spacial score (nSPS) is 12.6. The third-order valence-electron chi connectivity index (χ3n) is 7.13. The van der Waals surface area contributed by atoms with E-state index in [1.807, 2.05) is 44.2 Å². The molecule has 1 amide bonds. The summed E-state index contributed by atoms with van der Waals surface area (Å²) in [5, 5.41) is 10.1. The fourth-order valence-corrected chi connectivity index (χ4v) is 5.00. The first-order chi connectivity index (χ1) is 17.4. The molecule has 0 saturated carbocycles. The molecule has 0 bridgehead atoms. The lowest BCUT2D eigenvalue weighted by molar-refractivity contribution is 0.0989. The minimum atomic E-state index is -0.182. The Hall–Kier alpha value is -4.24. The van der Waals surface area contributed by atoms with Crippen molar-refractivity contribution >= 4 is 22.5 Å². The van der Waals surface area contributed by atoms with Gasteiger partial charge in [-0.25, -0.2) is 4.98 Å². The van der Waals surface area contributed by atoms with Crippen LogP contribution in [-0.2, 0) is 12.8 Å². The molecule has 0 fully saturated rings. The smallest absolute Gasteiger partial charge is 0.266 e. The van der Waals surface area contributed by atoms with E-state index in [9.17, 15) is 14.9 Å². The average molecular weight is 477 g/mol. The monoisotopic (exact) mass is 476 g/mol. The molecule has 6 heteroatoms. The molecule has 0 atom stereocenters. The first-order valence-corrected chi connectivity index (χ1v) is 12.4. The van der Waals surface area contributed by atoms with Gasteiger partial charge in [-0.3, -0.25) is 14.2 Å². The van der Waals surface area contributed by atoms with Crippen LogP contribution in [0.25, 0.3) is 16.6 Å². The van der Waals surface area contributed by atoms with Crippen LogP contribution >= 0.6 is 0 Å². The van der Waals surface area contributed by atoms with E-state index in [0.29, 0.717) is 35.9 Å². The molecule has 1 aliphatic heterocycles. The van der Waals surface area contributed by atoms with Crippen LogP contribution in [0, 0.1) is 25.2 Å². The second-order valence-electron chi connectivity index (χ2n) is 9.35. The lowest BCUT2D eigenvalue weighted by Crippen LogP contribution is -2.29. The van der Waals surface area contributed by atoms with Crippen LogP contribution in [0.2, 0.25) is 0 Å². The molecule has 0 N–H and O–H groups in total. The van der Waals surface area contributed by atoms with Crippen LogP contribution in [-0.4, -0.2) is 22.0 Å². The zero-order valence-corrected chi connectivity index (χ0v) is 20.8. The first-order valence-electron chi connectivity index (χ1n) is 12.4. The van der Waals surface area contributed by atoms with Crippen LogP contribution in [0.3, 0.4) is 0 Å². The predicted octanol–water partition coefficient (Wildman–Crippen LogP) is 5.42. The number of aromatic nitrogens is 2. The Kier molecular flexibility index (Phi) is 6.15. The summed E-state index contributed by atoms with van der Waals surface area (Å²) in [6, 6.07) is 18.8. The van der Waals surface area contributed by atoms with Crippen LogP contribution < -0.4 is 10.5 Å². The molecule has 1 aromatic heterocycles. The molecule has 5 rings (SSSR count). The second kappa shape index (κ2) is 9.43. The van der Waals surface area contributed by atoms with Gasteiger partial charge in [0.05, 0.1) is 33.8 Å². The molecular weight excluding hydrogens is 448 g/mol. The fraction of sp³-hybridized carbons (Fsp3) is 0.267. The average Bonchev–Trinajstić information content (AvgIpc) is 3.32. The highest BCUT2D eigenvalue weighted by atomic mass is 16.2. The minimum absolute atomic E-state index is 0.0545. The highest BCUT2D eigenvalue weighted by Crippen LogP contribution is 2.32. The van der Waals surface area contributed by atoms with Gasteiger partial charge in [0.15, 0.2) is 0 Å². The molecule has 0 unspecified atom stereocenters. The third-order valence-corrected chi connectivity index (χ3v) is 7.13. The summed E-state index contributed by atoms with van der Waals surface area (Å²) in [4.78, 5) is 33.8. The first kappa shape index (κ1) is 23.5. The van der Waals surface area contributed by atoms with Gasteiger partial charge in [0.2, 0.25) is 0 Å². The Morgan fingerprint density at radius 3 is 2.69 bits per heavy atom. The molecule has 36 heavy (non-hydrogen) atoms. The number of nitriles is 1. The van der Waals surface area contributed by atoms with Crippen molar-refractivity contribution in [2.45, 2.75) is 46.5 Å². The molecule has 2 heterocycles. The van der Waals surface area contributed by atoms with Crippen molar-refractivity contribution < 1.29 is 4.79 Å². The van der Waals surface area contributed by atoms with Crippen molar-refractivity contribution in [2.24, 2.45) is 0 Å². The number of rotatable bonds is 5. The zero-order chi connectivity index (χ0) is 25.4. The molecule has 0 radical (unpaired) electrons. The fourth-order valence-electron chi connectivity index (χ4n) is 5.00. The van der Waals surface area contributed by atoms with E-state index in [4.69, 9.17) is 4.98 Å². The standard InChI is InChI=1S/C30H28N4O2/c1-4-5-10-27-32-25-13-11-19(2)20(3)28(25)30(36)34(27)23-12-14-26-21(17-23)15-16-33(26)29(35)24-9-7-6-8-22(24)18-31/h6-9,11-14,17H,4-5,10,15-16H2,1-3H3. The van der Waals surface area contributed by atoms with E-state index in [1.54, 1.807) is 33.7 Å². The summed E-state index contributed by atoms with van der Waals surface area (Å²) in [6.07, 6.45) is 3.34. The quantitative estimate of drug-likeness (QED) is 0.385. The summed E-state index contributed by atoms with van der Waals surface area (Å²) in [5.41, 5.74) is 6.06. The third kappa shape index (κ3) is 3.87. The lowest BCUT2D eigenvalue weighted by atomic mass is 10.0. The molecular formula is C30H28N4O2. The number of benzene rings is 3. The van der Waals surface area contributed by atoms with E-state index in [-0.39, 0.29) is 11.5 Å². The van der Waals surface area contributed by atoms with Gasteiger partial charge in [0, 0.05) is 18.7 Å². The van der Waals surface area contributed by atoms with Crippen LogP contribution in [0.4, 0.5) is 5.69 Å². The summed E-state index contributed by atoms with van der Waals surface area (Å²) < 4.78 is 1.75. The van der Waals surface area contributed by atoms with Crippen LogP contribution in [0.5, 0.6) is 0 Å². The van der Waals surface area contributed by atoms with E-state index >= 15 is 0 Å². The van der Waals surface area contributed by atoms with Gasteiger partial charge in [0.25, 0.3) is 11.5 Å². The number of anilines is 1. The molecule has 4 aromatic rings.